The van der Waals surface area contributed by atoms with Crippen molar-refractivity contribution in [3.05, 3.63) is 47.2 Å². The lowest BCUT2D eigenvalue weighted by Crippen LogP contribution is -1.89. The quantitative estimate of drug-likeness (QED) is 0.542. The molecule has 1 aromatic rings. The van der Waals surface area contributed by atoms with Crippen LogP contribution in [0.15, 0.2) is 30.5 Å². The van der Waals surface area contributed by atoms with Gasteiger partial charge in [0.1, 0.15) is 6.61 Å². The zero-order valence-corrected chi connectivity index (χ0v) is 9.88. The maximum absolute atomic E-state index is 5.50. The molecule has 0 unspecified atom stereocenters. The number of rotatable bonds is 4. The van der Waals surface area contributed by atoms with E-state index in [0.29, 0.717) is 6.61 Å². The van der Waals surface area contributed by atoms with Crippen LogP contribution in [0.5, 0.6) is 0 Å². The Bertz CT molecular complexity index is 425. The predicted molar refractivity (Wildman–Crippen MR) is 67.0 cm³/mol. The van der Waals surface area contributed by atoms with Gasteiger partial charge in [-0.25, -0.2) is 0 Å². The fourth-order valence-corrected chi connectivity index (χ4v) is 2.10. The Morgan fingerprint density at radius 1 is 1.38 bits per heavy atom. The first-order valence-electron chi connectivity index (χ1n) is 6.00. The van der Waals surface area contributed by atoms with Crippen LogP contribution in [0, 0.1) is 0 Å². The molecular weight excluding hydrogens is 196 g/mol. The van der Waals surface area contributed by atoms with Crippen LogP contribution in [0.3, 0.4) is 0 Å². The Morgan fingerprint density at radius 3 is 3.00 bits per heavy atom. The molecule has 84 valence electrons. The third-order valence-corrected chi connectivity index (χ3v) is 3.02. The van der Waals surface area contributed by atoms with Gasteiger partial charge in [-0.15, -0.1) is 0 Å². The van der Waals surface area contributed by atoms with Gasteiger partial charge >= 0.3 is 0 Å². The first-order valence-corrected chi connectivity index (χ1v) is 6.00. The zero-order valence-electron chi connectivity index (χ0n) is 9.88. The number of fused-ring (bicyclic) bond motifs is 1. The number of ether oxygens (including phenoxy) is 1. The SMILES string of the molecule is C=C=C1OCc2cc(CCCCC)ccc21. The highest BCUT2D eigenvalue weighted by molar-refractivity contribution is 5.65. The first kappa shape index (κ1) is 11.0. The molecule has 1 aliphatic heterocycles. The number of hydrogen-bond donors (Lipinski definition) is 0. The molecule has 0 atom stereocenters. The van der Waals surface area contributed by atoms with Crippen LogP contribution < -0.4 is 0 Å². The van der Waals surface area contributed by atoms with Gasteiger partial charge in [-0.05, 0) is 24.5 Å². The summed E-state index contributed by atoms with van der Waals surface area (Å²) in [6.45, 7) is 6.55. The molecule has 0 saturated carbocycles. The summed E-state index contributed by atoms with van der Waals surface area (Å²) in [5.41, 5.74) is 6.69. The highest BCUT2D eigenvalue weighted by Crippen LogP contribution is 2.29. The molecule has 1 aliphatic rings. The molecule has 16 heavy (non-hydrogen) atoms. The summed E-state index contributed by atoms with van der Waals surface area (Å²) in [7, 11) is 0. The third-order valence-electron chi connectivity index (χ3n) is 3.02. The maximum atomic E-state index is 5.50. The molecule has 2 rings (SSSR count). The molecule has 1 aromatic carbocycles. The summed E-state index contributed by atoms with van der Waals surface area (Å²) in [5, 5.41) is 0. The minimum atomic E-state index is 0.675. The normalized spacial score (nSPS) is 13.2. The minimum Gasteiger partial charge on any atom is -0.481 e. The van der Waals surface area contributed by atoms with Crippen molar-refractivity contribution in [2.45, 2.75) is 39.2 Å². The monoisotopic (exact) mass is 214 g/mol. The Balaban J connectivity index is 2.12. The second-order valence-electron chi connectivity index (χ2n) is 4.24. The van der Waals surface area contributed by atoms with E-state index < -0.39 is 0 Å². The van der Waals surface area contributed by atoms with Gasteiger partial charge in [-0.1, -0.05) is 44.2 Å². The summed E-state index contributed by atoms with van der Waals surface area (Å²) in [5.74, 6) is 0.801. The summed E-state index contributed by atoms with van der Waals surface area (Å²) >= 11 is 0. The molecule has 1 nitrogen and oxygen atoms in total. The number of unbranched alkanes of at least 4 members (excludes halogenated alkanes) is 2. The van der Waals surface area contributed by atoms with E-state index in [4.69, 9.17) is 4.74 Å². The van der Waals surface area contributed by atoms with E-state index in [1.165, 1.54) is 36.8 Å². The van der Waals surface area contributed by atoms with Gasteiger partial charge in [-0.2, -0.15) is 0 Å². The van der Waals surface area contributed by atoms with E-state index >= 15 is 0 Å². The van der Waals surface area contributed by atoms with E-state index in [1.807, 2.05) is 0 Å². The minimum absolute atomic E-state index is 0.675. The lowest BCUT2D eigenvalue weighted by Gasteiger charge is -2.02. The highest BCUT2D eigenvalue weighted by atomic mass is 16.5. The number of benzene rings is 1. The molecule has 0 radical (unpaired) electrons. The van der Waals surface area contributed by atoms with Crippen LogP contribution in [0.4, 0.5) is 0 Å². The van der Waals surface area contributed by atoms with Crippen LogP contribution in [-0.4, -0.2) is 0 Å². The summed E-state index contributed by atoms with van der Waals surface area (Å²) in [4.78, 5) is 0. The van der Waals surface area contributed by atoms with E-state index in [9.17, 15) is 0 Å². The van der Waals surface area contributed by atoms with E-state index in [2.05, 4.69) is 37.4 Å². The average molecular weight is 214 g/mol. The fraction of sp³-hybridized carbons (Fsp3) is 0.400. The van der Waals surface area contributed by atoms with Crippen molar-refractivity contribution >= 4 is 5.76 Å². The second kappa shape index (κ2) is 5.05. The van der Waals surface area contributed by atoms with Gasteiger partial charge in [-0.3, -0.25) is 0 Å². The van der Waals surface area contributed by atoms with Crippen molar-refractivity contribution < 1.29 is 4.74 Å². The second-order valence-corrected chi connectivity index (χ2v) is 4.24. The molecule has 0 N–H and O–H groups in total. The lowest BCUT2D eigenvalue weighted by molar-refractivity contribution is 0.286. The van der Waals surface area contributed by atoms with Gasteiger partial charge in [0.15, 0.2) is 5.76 Å². The van der Waals surface area contributed by atoms with Gasteiger partial charge in [0, 0.05) is 11.1 Å². The van der Waals surface area contributed by atoms with E-state index in [-0.39, 0.29) is 0 Å². The predicted octanol–water partition coefficient (Wildman–Crippen LogP) is 4.08. The molecule has 0 aromatic heterocycles. The van der Waals surface area contributed by atoms with Crippen molar-refractivity contribution in [1.29, 1.82) is 0 Å². The van der Waals surface area contributed by atoms with Crippen molar-refractivity contribution in [3.8, 4) is 0 Å². The Hall–Kier alpha value is -1.46. The van der Waals surface area contributed by atoms with E-state index in [1.54, 1.807) is 0 Å². The molecule has 1 heteroatoms. The van der Waals surface area contributed by atoms with Gasteiger partial charge < -0.3 is 4.74 Å². The molecule has 0 spiro atoms. The van der Waals surface area contributed by atoms with Crippen LogP contribution in [0.25, 0.3) is 5.76 Å². The zero-order chi connectivity index (χ0) is 11.4. The third kappa shape index (κ3) is 2.20. The standard InChI is InChI=1S/C15H18O/c1-3-5-6-7-12-8-9-14-13(10-12)11-16-15(14)4-2/h8-10H,2-3,5-7,11H2,1H3. The van der Waals surface area contributed by atoms with Crippen molar-refractivity contribution in [3.63, 3.8) is 0 Å². The smallest absolute Gasteiger partial charge is 0.169 e. The topological polar surface area (TPSA) is 9.23 Å². The van der Waals surface area contributed by atoms with Gasteiger partial charge in [0.2, 0.25) is 0 Å². The molecule has 0 bridgehead atoms. The van der Waals surface area contributed by atoms with Crippen molar-refractivity contribution in [1.82, 2.24) is 0 Å². The molecular formula is C15H18O. The van der Waals surface area contributed by atoms with E-state index in [0.717, 1.165) is 11.3 Å². The highest BCUT2D eigenvalue weighted by Gasteiger charge is 2.16. The molecule has 0 fully saturated rings. The van der Waals surface area contributed by atoms with Crippen LogP contribution in [0.1, 0.15) is 42.9 Å². The van der Waals surface area contributed by atoms with Crippen LogP contribution in [-0.2, 0) is 17.8 Å². The van der Waals surface area contributed by atoms with Gasteiger partial charge in [0.05, 0.1) is 0 Å². The molecule has 0 aliphatic carbocycles. The molecule has 0 saturated heterocycles. The number of hydrogen-bond acceptors (Lipinski definition) is 1. The number of aryl methyl sites for hydroxylation is 1. The average Bonchev–Trinajstić information content (AvgIpc) is 2.71. The molecule has 1 heterocycles. The largest absolute Gasteiger partial charge is 0.481 e. The summed E-state index contributed by atoms with van der Waals surface area (Å²) in [6, 6.07) is 6.59. The van der Waals surface area contributed by atoms with Gasteiger partial charge in [0.25, 0.3) is 0 Å². The summed E-state index contributed by atoms with van der Waals surface area (Å²) in [6.07, 6.45) is 5.04. The fourth-order valence-electron chi connectivity index (χ4n) is 2.10. The Kier molecular flexibility index (Phi) is 3.48. The molecule has 0 amide bonds. The first-order chi connectivity index (χ1) is 7.85. The lowest BCUT2D eigenvalue weighted by atomic mass is 10.0. The van der Waals surface area contributed by atoms with Crippen LogP contribution in [0.2, 0.25) is 0 Å². The van der Waals surface area contributed by atoms with Crippen molar-refractivity contribution in [2.75, 3.05) is 0 Å². The summed E-state index contributed by atoms with van der Waals surface area (Å²) < 4.78 is 5.50. The maximum Gasteiger partial charge on any atom is 0.169 e. The Labute approximate surface area is 97.4 Å². The Morgan fingerprint density at radius 2 is 2.25 bits per heavy atom. The van der Waals surface area contributed by atoms with Crippen molar-refractivity contribution in [2.24, 2.45) is 0 Å². The van der Waals surface area contributed by atoms with Crippen LogP contribution >= 0.6 is 0 Å².